The highest BCUT2D eigenvalue weighted by molar-refractivity contribution is 5.89. The average Bonchev–Trinajstić information content (AvgIpc) is 2.67. The molecule has 2 N–H and O–H groups in total. The molecule has 3 aromatic heterocycles. The lowest BCUT2D eigenvalue weighted by atomic mass is 10.3. The number of rotatable bonds is 0. The minimum absolute atomic E-state index is 1.10. The molecule has 0 bridgehead atoms. The van der Waals surface area contributed by atoms with Gasteiger partial charge in [0, 0.05) is 22.8 Å². The van der Waals surface area contributed by atoms with Crippen LogP contribution in [0.25, 0.3) is 16.4 Å². The van der Waals surface area contributed by atoms with Crippen molar-refractivity contribution in [1.29, 1.82) is 0 Å². The van der Waals surface area contributed by atoms with Gasteiger partial charge in [-0.15, -0.1) is 0 Å². The quantitative estimate of drug-likeness (QED) is 0.533. The van der Waals surface area contributed by atoms with Crippen LogP contribution in [0.3, 0.4) is 0 Å². The number of hydrogen-bond donors (Lipinski definition) is 1. The van der Waals surface area contributed by atoms with Gasteiger partial charge >= 0.3 is 0 Å². The fourth-order valence-corrected chi connectivity index (χ4v) is 1.93. The first-order valence-corrected chi connectivity index (χ1v) is 4.60. The summed E-state index contributed by atoms with van der Waals surface area (Å²) >= 11 is 0. The monoisotopic (exact) mass is 185 g/mol. The zero-order valence-electron chi connectivity index (χ0n) is 7.94. The molecule has 3 heterocycles. The van der Waals surface area contributed by atoms with Crippen LogP contribution in [0.5, 0.6) is 0 Å². The molecule has 0 atom stereocenters. The molecule has 3 nitrogen and oxygen atoms in total. The molecular formula is C11H11N3. The first-order valence-electron chi connectivity index (χ1n) is 4.60. The highest BCUT2D eigenvalue weighted by atomic mass is 15.3. The maximum Gasteiger partial charge on any atom is 0.0730 e. The molecular weight excluding hydrogens is 174 g/mol. The first-order chi connectivity index (χ1) is 6.77. The number of aryl methyl sites for hydroxylation is 1. The van der Waals surface area contributed by atoms with E-state index in [-0.39, 0.29) is 0 Å². The molecule has 3 heteroatoms. The van der Waals surface area contributed by atoms with Crippen molar-refractivity contribution in [3.8, 4) is 0 Å². The van der Waals surface area contributed by atoms with Gasteiger partial charge in [-0.05, 0) is 25.1 Å². The van der Waals surface area contributed by atoms with Crippen molar-refractivity contribution in [2.24, 2.45) is 0 Å². The van der Waals surface area contributed by atoms with E-state index in [9.17, 15) is 0 Å². The molecule has 3 aromatic rings. The molecule has 0 radical (unpaired) electrons. The van der Waals surface area contributed by atoms with E-state index in [0.29, 0.717) is 0 Å². The lowest BCUT2D eigenvalue weighted by molar-refractivity contribution is 0.966. The van der Waals surface area contributed by atoms with Crippen LogP contribution in [0.15, 0.2) is 36.7 Å². The molecule has 0 spiro atoms. The lowest BCUT2D eigenvalue weighted by Gasteiger charge is -1.95. The zero-order chi connectivity index (χ0) is 9.71. The fraction of sp³-hybridized carbons (Fsp3) is 0.0909. The van der Waals surface area contributed by atoms with Crippen molar-refractivity contribution in [2.75, 3.05) is 5.84 Å². The van der Waals surface area contributed by atoms with Crippen molar-refractivity contribution < 1.29 is 0 Å². The van der Waals surface area contributed by atoms with Gasteiger partial charge in [0.2, 0.25) is 0 Å². The molecule has 3 rings (SSSR count). The number of aromatic nitrogens is 2. The molecule has 0 fully saturated rings. The van der Waals surface area contributed by atoms with Crippen LogP contribution < -0.4 is 5.84 Å². The van der Waals surface area contributed by atoms with E-state index < -0.39 is 0 Å². The van der Waals surface area contributed by atoms with Crippen molar-refractivity contribution in [3.05, 3.63) is 42.4 Å². The standard InChI is InChI=1S/C11H11N3/c1-8-10-6-9-4-2-3-5-13(9)11(10)7-14(8)12/h2-7H,12H2,1H3. The van der Waals surface area contributed by atoms with Crippen LogP contribution in [0.4, 0.5) is 0 Å². The third-order valence-corrected chi connectivity index (χ3v) is 2.76. The number of nitrogens with two attached hydrogens (primary N) is 1. The number of nitrogens with zero attached hydrogens (tertiary/aromatic N) is 2. The van der Waals surface area contributed by atoms with Crippen molar-refractivity contribution in [2.45, 2.75) is 6.92 Å². The predicted molar refractivity (Wildman–Crippen MR) is 57.8 cm³/mol. The SMILES string of the molecule is Cc1c2cc3ccccn3c2cn1N. The Bertz CT molecular complexity index is 616. The van der Waals surface area contributed by atoms with Gasteiger partial charge < -0.3 is 10.2 Å². The van der Waals surface area contributed by atoms with Crippen LogP contribution >= 0.6 is 0 Å². The van der Waals surface area contributed by atoms with Gasteiger partial charge in [0.1, 0.15) is 0 Å². The van der Waals surface area contributed by atoms with Gasteiger partial charge in [-0.25, -0.2) is 0 Å². The minimum atomic E-state index is 1.10. The van der Waals surface area contributed by atoms with Crippen LogP contribution in [0.2, 0.25) is 0 Å². The van der Waals surface area contributed by atoms with Crippen molar-refractivity contribution in [1.82, 2.24) is 9.08 Å². The maximum absolute atomic E-state index is 5.79. The van der Waals surface area contributed by atoms with Gasteiger partial charge in [-0.2, -0.15) is 0 Å². The van der Waals surface area contributed by atoms with Gasteiger partial charge in [0.25, 0.3) is 0 Å². The largest absolute Gasteiger partial charge is 0.339 e. The molecule has 0 saturated heterocycles. The van der Waals surface area contributed by atoms with Gasteiger partial charge in [-0.3, -0.25) is 4.68 Å². The molecule has 0 amide bonds. The molecule has 0 aliphatic carbocycles. The molecule has 0 unspecified atom stereocenters. The molecule has 0 aliphatic rings. The summed E-state index contributed by atoms with van der Waals surface area (Å²) in [7, 11) is 0. The van der Waals surface area contributed by atoms with Crippen LogP contribution in [0, 0.1) is 6.92 Å². The van der Waals surface area contributed by atoms with Crippen LogP contribution in [-0.2, 0) is 0 Å². The topological polar surface area (TPSA) is 35.4 Å². The Morgan fingerprint density at radius 3 is 3.00 bits per heavy atom. The molecule has 14 heavy (non-hydrogen) atoms. The zero-order valence-corrected chi connectivity index (χ0v) is 7.94. The van der Waals surface area contributed by atoms with Gasteiger partial charge in [-0.1, -0.05) is 6.07 Å². The number of pyridine rings is 1. The fourth-order valence-electron chi connectivity index (χ4n) is 1.93. The Hall–Kier alpha value is -1.90. The third-order valence-electron chi connectivity index (χ3n) is 2.76. The van der Waals surface area contributed by atoms with Gasteiger partial charge in [0.05, 0.1) is 11.7 Å². The summed E-state index contributed by atoms with van der Waals surface area (Å²) in [6, 6.07) is 8.32. The Morgan fingerprint density at radius 1 is 1.29 bits per heavy atom. The molecule has 0 saturated carbocycles. The molecule has 70 valence electrons. The smallest absolute Gasteiger partial charge is 0.0730 e. The molecule has 0 aromatic carbocycles. The second-order valence-electron chi connectivity index (χ2n) is 3.56. The van der Waals surface area contributed by atoms with Crippen molar-refractivity contribution >= 4 is 16.4 Å². The Balaban J connectivity index is 2.60. The normalized spacial score (nSPS) is 11.5. The Kier molecular flexibility index (Phi) is 1.24. The maximum atomic E-state index is 5.79. The van der Waals surface area contributed by atoms with Gasteiger partial charge in [0.15, 0.2) is 0 Å². The second-order valence-corrected chi connectivity index (χ2v) is 3.56. The van der Waals surface area contributed by atoms with E-state index >= 15 is 0 Å². The van der Waals surface area contributed by atoms with Crippen LogP contribution in [0.1, 0.15) is 5.69 Å². The predicted octanol–water partition coefficient (Wildman–Crippen LogP) is 1.92. The number of fused-ring (bicyclic) bond motifs is 3. The highest BCUT2D eigenvalue weighted by Gasteiger charge is 2.07. The third kappa shape index (κ3) is 0.763. The van der Waals surface area contributed by atoms with E-state index in [0.717, 1.165) is 5.69 Å². The lowest BCUT2D eigenvalue weighted by Crippen LogP contribution is -2.07. The highest BCUT2D eigenvalue weighted by Crippen LogP contribution is 2.23. The second kappa shape index (κ2) is 2.32. The van der Waals surface area contributed by atoms with Crippen molar-refractivity contribution in [3.63, 3.8) is 0 Å². The minimum Gasteiger partial charge on any atom is -0.339 e. The van der Waals surface area contributed by atoms with E-state index in [2.05, 4.69) is 22.7 Å². The summed E-state index contributed by atoms with van der Waals surface area (Å²) in [5.41, 5.74) is 3.48. The average molecular weight is 185 g/mol. The summed E-state index contributed by atoms with van der Waals surface area (Å²) in [6.07, 6.45) is 4.01. The first kappa shape index (κ1) is 7.50. The van der Waals surface area contributed by atoms with E-state index in [1.807, 2.05) is 25.3 Å². The van der Waals surface area contributed by atoms with E-state index in [4.69, 9.17) is 5.84 Å². The van der Waals surface area contributed by atoms with Crippen LogP contribution in [-0.4, -0.2) is 9.08 Å². The van der Waals surface area contributed by atoms with E-state index in [1.54, 1.807) is 4.68 Å². The van der Waals surface area contributed by atoms with E-state index in [1.165, 1.54) is 16.4 Å². The number of nitrogen functional groups attached to an aromatic ring is 1. The molecule has 0 aliphatic heterocycles. The Morgan fingerprint density at radius 2 is 2.14 bits per heavy atom. The summed E-state index contributed by atoms with van der Waals surface area (Å²) in [5, 5.41) is 1.22. The Labute approximate surface area is 81.3 Å². The summed E-state index contributed by atoms with van der Waals surface area (Å²) in [4.78, 5) is 0. The summed E-state index contributed by atoms with van der Waals surface area (Å²) < 4.78 is 3.82. The summed E-state index contributed by atoms with van der Waals surface area (Å²) in [6.45, 7) is 2.03. The summed E-state index contributed by atoms with van der Waals surface area (Å²) in [5.74, 6) is 5.79. The number of hydrogen-bond acceptors (Lipinski definition) is 1.